The maximum absolute atomic E-state index is 14.2. The molecule has 0 aromatic heterocycles. The molecule has 6 heteroatoms. The molecule has 34 heavy (non-hydrogen) atoms. The van der Waals surface area contributed by atoms with E-state index in [2.05, 4.69) is 5.32 Å². The van der Waals surface area contributed by atoms with Crippen LogP contribution in [0.2, 0.25) is 0 Å². The zero-order valence-corrected chi connectivity index (χ0v) is 19.4. The molecule has 2 amide bonds. The molecule has 1 N–H and O–H groups in total. The molecule has 172 valence electrons. The Morgan fingerprint density at radius 3 is 2.62 bits per heavy atom. The molecule has 0 aliphatic carbocycles. The Hall–Kier alpha value is -3.80. The van der Waals surface area contributed by atoms with Gasteiger partial charge in [0.15, 0.2) is 0 Å². The molecule has 3 aliphatic heterocycles. The van der Waals surface area contributed by atoms with E-state index in [1.54, 1.807) is 7.11 Å². The Morgan fingerprint density at radius 2 is 1.85 bits per heavy atom. The second-order valence-electron chi connectivity index (χ2n) is 9.54. The summed E-state index contributed by atoms with van der Waals surface area (Å²) >= 11 is 0. The SMILES string of the molecule is COc1ccc2c(c1)OC[C@H]1[C@H]2N2C(=O)c3ccc(C)cc3NC(=O)[C@@]2(C)[C@H]1c1ccccc1. The number of fused-ring (bicyclic) bond motifs is 6. The Labute approximate surface area is 198 Å². The molecule has 0 bridgehead atoms. The molecule has 3 heterocycles. The number of aryl methyl sites for hydroxylation is 1. The minimum Gasteiger partial charge on any atom is -0.497 e. The molecule has 3 aromatic carbocycles. The Morgan fingerprint density at radius 1 is 1.06 bits per heavy atom. The van der Waals surface area contributed by atoms with Crippen LogP contribution >= 0.6 is 0 Å². The summed E-state index contributed by atoms with van der Waals surface area (Å²) in [5, 5.41) is 3.09. The molecule has 0 radical (unpaired) electrons. The van der Waals surface area contributed by atoms with Gasteiger partial charge in [0.1, 0.15) is 17.0 Å². The number of hydrogen-bond donors (Lipinski definition) is 1. The van der Waals surface area contributed by atoms with Crippen molar-refractivity contribution in [2.24, 2.45) is 5.92 Å². The van der Waals surface area contributed by atoms with Crippen LogP contribution in [0.1, 0.15) is 45.9 Å². The van der Waals surface area contributed by atoms with Crippen LogP contribution in [-0.2, 0) is 4.79 Å². The summed E-state index contributed by atoms with van der Waals surface area (Å²) < 4.78 is 11.6. The first kappa shape index (κ1) is 20.8. The van der Waals surface area contributed by atoms with Gasteiger partial charge < -0.3 is 19.7 Å². The number of methoxy groups -OCH3 is 1. The van der Waals surface area contributed by atoms with Gasteiger partial charge in [-0.1, -0.05) is 36.4 Å². The molecular formula is C28H26N2O4. The second-order valence-corrected chi connectivity index (χ2v) is 9.54. The quantitative estimate of drug-likeness (QED) is 0.609. The number of carbonyl (C=O) groups excluding carboxylic acids is 2. The van der Waals surface area contributed by atoms with Gasteiger partial charge in [-0.3, -0.25) is 9.59 Å². The van der Waals surface area contributed by atoms with E-state index >= 15 is 0 Å². The predicted octanol–water partition coefficient (Wildman–Crippen LogP) is 4.70. The maximum Gasteiger partial charge on any atom is 0.257 e. The summed E-state index contributed by atoms with van der Waals surface area (Å²) in [7, 11) is 1.62. The number of benzene rings is 3. The lowest BCUT2D eigenvalue weighted by Crippen LogP contribution is -2.54. The summed E-state index contributed by atoms with van der Waals surface area (Å²) in [6, 6.07) is 21.0. The van der Waals surface area contributed by atoms with Crippen LogP contribution in [0.5, 0.6) is 11.5 Å². The molecule has 4 atom stereocenters. The number of anilines is 1. The largest absolute Gasteiger partial charge is 0.497 e. The highest BCUT2D eigenvalue weighted by Gasteiger charge is 2.65. The molecule has 1 saturated heterocycles. The fourth-order valence-corrected chi connectivity index (χ4v) is 6.13. The average Bonchev–Trinajstić information content (AvgIpc) is 3.09. The number of carbonyl (C=O) groups is 2. The minimum atomic E-state index is -1.11. The summed E-state index contributed by atoms with van der Waals surface area (Å²) in [5.74, 6) is 0.733. The van der Waals surface area contributed by atoms with Crippen LogP contribution in [0.15, 0.2) is 66.7 Å². The van der Waals surface area contributed by atoms with Gasteiger partial charge in [-0.2, -0.15) is 0 Å². The molecular weight excluding hydrogens is 428 g/mol. The van der Waals surface area contributed by atoms with Crippen LogP contribution < -0.4 is 14.8 Å². The number of rotatable bonds is 2. The summed E-state index contributed by atoms with van der Waals surface area (Å²) in [5.41, 5.74) is 2.88. The van der Waals surface area contributed by atoms with Crippen molar-refractivity contribution in [2.75, 3.05) is 19.0 Å². The van der Waals surface area contributed by atoms with Crippen LogP contribution in [0.3, 0.4) is 0 Å². The van der Waals surface area contributed by atoms with Gasteiger partial charge in [-0.25, -0.2) is 0 Å². The van der Waals surface area contributed by atoms with Crippen molar-refractivity contribution in [2.45, 2.75) is 31.3 Å². The zero-order valence-electron chi connectivity index (χ0n) is 19.4. The smallest absolute Gasteiger partial charge is 0.257 e. The third-order valence-corrected chi connectivity index (χ3v) is 7.68. The fraction of sp³-hybridized carbons (Fsp3) is 0.286. The molecule has 6 nitrogen and oxygen atoms in total. The number of ether oxygens (including phenoxy) is 2. The van der Waals surface area contributed by atoms with E-state index < -0.39 is 5.54 Å². The Bertz CT molecular complexity index is 1320. The van der Waals surface area contributed by atoms with Crippen molar-refractivity contribution in [1.29, 1.82) is 0 Å². The Kier molecular flexibility index (Phi) is 4.49. The normalized spacial score (nSPS) is 26.9. The van der Waals surface area contributed by atoms with E-state index in [0.717, 1.165) is 16.7 Å². The van der Waals surface area contributed by atoms with Gasteiger partial charge in [0.2, 0.25) is 0 Å². The highest BCUT2D eigenvalue weighted by molar-refractivity contribution is 6.12. The van der Waals surface area contributed by atoms with Crippen molar-refractivity contribution >= 4 is 17.5 Å². The van der Waals surface area contributed by atoms with Crippen LogP contribution in [0.4, 0.5) is 5.69 Å². The van der Waals surface area contributed by atoms with Gasteiger partial charge in [0.05, 0.1) is 31.0 Å². The van der Waals surface area contributed by atoms with Gasteiger partial charge in [0.25, 0.3) is 11.8 Å². The monoisotopic (exact) mass is 454 g/mol. The van der Waals surface area contributed by atoms with Crippen molar-refractivity contribution in [1.82, 2.24) is 4.90 Å². The molecule has 3 aromatic rings. The third-order valence-electron chi connectivity index (χ3n) is 7.68. The highest BCUT2D eigenvalue weighted by Crippen LogP contribution is 2.60. The lowest BCUT2D eigenvalue weighted by atomic mass is 9.73. The van der Waals surface area contributed by atoms with E-state index in [4.69, 9.17) is 9.47 Å². The summed E-state index contributed by atoms with van der Waals surface area (Å²) in [6.07, 6.45) is 0. The van der Waals surface area contributed by atoms with Crippen LogP contribution in [0, 0.1) is 12.8 Å². The molecule has 0 saturated carbocycles. The van der Waals surface area contributed by atoms with Crippen molar-refractivity contribution in [3.8, 4) is 11.5 Å². The van der Waals surface area contributed by atoms with E-state index in [1.165, 1.54) is 0 Å². The number of nitrogens with zero attached hydrogens (tertiary/aromatic N) is 1. The summed E-state index contributed by atoms with van der Waals surface area (Å²) in [6.45, 7) is 4.26. The first-order chi connectivity index (χ1) is 16.4. The third kappa shape index (κ3) is 2.74. The molecule has 3 aliphatic rings. The molecule has 1 fully saturated rings. The zero-order chi connectivity index (χ0) is 23.6. The molecule has 6 rings (SSSR count). The predicted molar refractivity (Wildman–Crippen MR) is 128 cm³/mol. The fourth-order valence-electron chi connectivity index (χ4n) is 6.13. The average molecular weight is 455 g/mol. The van der Waals surface area contributed by atoms with Gasteiger partial charge in [0, 0.05) is 23.5 Å². The van der Waals surface area contributed by atoms with Gasteiger partial charge in [-0.15, -0.1) is 0 Å². The van der Waals surface area contributed by atoms with E-state index in [0.29, 0.717) is 29.4 Å². The summed E-state index contributed by atoms with van der Waals surface area (Å²) in [4.78, 5) is 30.0. The number of hydrogen-bond acceptors (Lipinski definition) is 4. The Balaban J connectivity index is 1.61. The highest BCUT2D eigenvalue weighted by atomic mass is 16.5. The topological polar surface area (TPSA) is 67.9 Å². The number of nitrogens with one attached hydrogen (secondary N) is 1. The first-order valence-electron chi connectivity index (χ1n) is 11.5. The van der Waals surface area contributed by atoms with Crippen molar-refractivity contribution < 1.29 is 19.1 Å². The van der Waals surface area contributed by atoms with Gasteiger partial charge >= 0.3 is 0 Å². The van der Waals surface area contributed by atoms with Crippen molar-refractivity contribution in [3.63, 3.8) is 0 Å². The van der Waals surface area contributed by atoms with E-state index in [1.807, 2.05) is 85.5 Å². The standard InChI is InChI=1S/C28H26N2O4/c1-16-9-11-19-22(13-16)29-27(32)28(2)24(17-7-5-4-6-8-17)21-15-34-23-14-18(33-3)10-12-20(23)25(21)30(28)26(19)31/h4-14,21,24-25H,15H2,1-3H3,(H,29,32)/t21-,24+,25+,28-/m1/s1. The maximum atomic E-state index is 14.2. The van der Waals surface area contributed by atoms with Gasteiger partial charge in [-0.05, 0) is 49.2 Å². The van der Waals surface area contributed by atoms with Crippen LogP contribution in [0.25, 0.3) is 0 Å². The lowest BCUT2D eigenvalue weighted by molar-refractivity contribution is -0.125. The number of amides is 2. The second kappa shape index (κ2) is 7.35. The molecule has 0 spiro atoms. The molecule has 0 unspecified atom stereocenters. The van der Waals surface area contributed by atoms with E-state index in [9.17, 15) is 9.59 Å². The van der Waals surface area contributed by atoms with Crippen LogP contribution in [-0.4, -0.2) is 36.0 Å². The van der Waals surface area contributed by atoms with E-state index in [-0.39, 0.29) is 29.7 Å². The first-order valence-corrected chi connectivity index (χ1v) is 11.5. The van der Waals surface area contributed by atoms with Crippen molar-refractivity contribution in [3.05, 3.63) is 89.0 Å². The minimum absolute atomic E-state index is 0.0880. The lowest BCUT2D eigenvalue weighted by Gasteiger charge is -2.38.